The van der Waals surface area contributed by atoms with Crippen molar-refractivity contribution in [2.24, 2.45) is 5.92 Å². The van der Waals surface area contributed by atoms with E-state index >= 15 is 0 Å². The van der Waals surface area contributed by atoms with Crippen LogP contribution in [-0.2, 0) is 0 Å². The van der Waals surface area contributed by atoms with E-state index in [0.29, 0.717) is 6.54 Å². The van der Waals surface area contributed by atoms with Gasteiger partial charge in [0.15, 0.2) is 0 Å². The summed E-state index contributed by atoms with van der Waals surface area (Å²) in [7, 11) is 0. The molecule has 0 amide bonds. The minimum atomic E-state index is 0.573. The molecule has 0 fully saturated rings. The van der Waals surface area contributed by atoms with Crippen LogP contribution < -0.4 is 0 Å². The summed E-state index contributed by atoms with van der Waals surface area (Å²) in [5, 5.41) is 8.44. The van der Waals surface area contributed by atoms with E-state index in [-0.39, 0.29) is 0 Å². The van der Waals surface area contributed by atoms with Gasteiger partial charge in [-0.15, -0.1) is 0 Å². The summed E-state index contributed by atoms with van der Waals surface area (Å²) in [5.74, 6) is 0.739. The van der Waals surface area contributed by atoms with Crippen molar-refractivity contribution in [2.75, 3.05) is 19.6 Å². The lowest BCUT2D eigenvalue weighted by molar-refractivity contribution is 0.300. The zero-order valence-electron chi connectivity index (χ0n) is 7.80. The first-order chi connectivity index (χ1) is 5.20. The van der Waals surface area contributed by atoms with Gasteiger partial charge in [-0.1, -0.05) is 20.8 Å². The average Bonchev–Trinajstić information content (AvgIpc) is 1.97. The molecule has 0 aromatic heterocycles. The highest BCUT2D eigenvalue weighted by Gasteiger charge is 2.01. The van der Waals surface area contributed by atoms with E-state index in [9.17, 15) is 0 Å². The average molecular weight is 154 g/mol. The van der Waals surface area contributed by atoms with Crippen LogP contribution in [0.5, 0.6) is 0 Å². The van der Waals surface area contributed by atoms with Crippen LogP contribution in [0.2, 0.25) is 0 Å². The first kappa shape index (κ1) is 10.4. The Labute approximate surface area is 69.8 Å². The van der Waals surface area contributed by atoms with Gasteiger partial charge in [0.1, 0.15) is 0 Å². The highest BCUT2D eigenvalue weighted by Crippen LogP contribution is 2.00. The maximum Gasteiger partial charge on any atom is 0.0865 e. The van der Waals surface area contributed by atoms with E-state index < -0.39 is 0 Å². The summed E-state index contributed by atoms with van der Waals surface area (Å²) in [5.41, 5.74) is 0. The Morgan fingerprint density at radius 1 is 1.45 bits per heavy atom. The highest BCUT2D eigenvalue weighted by atomic mass is 15.1. The van der Waals surface area contributed by atoms with Crippen LogP contribution in [0, 0.1) is 17.2 Å². The van der Waals surface area contributed by atoms with Crippen molar-refractivity contribution < 1.29 is 0 Å². The standard InChI is InChI=1S/C9H18N2/c1-4-11(8-6-10)7-5-9(2)3/h9H,4-5,7-8H2,1-3H3. The molecule has 0 aromatic carbocycles. The predicted octanol–water partition coefficient (Wildman–Crippen LogP) is 1.88. The molecule has 64 valence electrons. The molecule has 11 heavy (non-hydrogen) atoms. The minimum Gasteiger partial charge on any atom is -0.291 e. The molecule has 0 aliphatic heterocycles. The van der Waals surface area contributed by atoms with Crippen molar-refractivity contribution in [3.63, 3.8) is 0 Å². The molecular weight excluding hydrogens is 136 g/mol. The van der Waals surface area contributed by atoms with Crippen LogP contribution in [0.3, 0.4) is 0 Å². The largest absolute Gasteiger partial charge is 0.291 e. The van der Waals surface area contributed by atoms with Crippen LogP contribution in [-0.4, -0.2) is 24.5 Å². The fourth-order valence-corrected chi connectivity index (χ4v) is 0.890. The van der Waals surface area contributed by atoms with Crippen molar-refractivity contribution in [2.45, 2.75) is 27.2 Å². The molecule has 0 aromatic rings. The molecular formula is C9H18N2. The van der Waals surface area contributed by atoms with E-state index in [2.05, 4.69) is 31.7 Å². The Bertz CT molecular complexity index is 124. The van der Waals surface area contributed by atoms with Crippen LogP contribution in [0.25, 0.3) is 0 Å². The lowest BCUT2D eigenvalue weighted by atomic mass is 10.1. The summed E-state index contributed by atoms with van der Waals surface area (Å²) in [6.07, 6.45) is 1.19. The van der Waals surface area contributed by atoms with Gasteiger partial charge in [0.2, 0.25) is 0 Å². The molecule has 0 saturated carbocycles. The van der Waals surface area contributed by atoms with Gasteiger partial charge < -0.3 is 0 Å². The molecule has 0 rings (SSSR count). The number of rotatable bonds is 5. The smallest absolute Gasteiger partial charge is 0.0865 e. The molecule has 0 atom stereocenters. The number of hydrogen-bond acceptors (Lipinski definition) is 2. The fraction of sp³-hybridized carbons (Fsp3) is 0.889. The molecule has 0 aliphatic carbocycles. The maximum atomic E-state index is 8.44. The molecule has 0 spiro atoms. The van der Waals surface area contributed by atoms with E-state index in [1.165, 1.54) is 6.42 Å². The zero-order chi connectivity index (χ0) is 8.69. The van der Waals surface area contributed by atoms with Gasteiger partial charge in [-0.2, -0.15) is 5.26 Å². The Balaban J connectivity index is 3.45. The second kappa shape index (κ2) is 6.18. The number of nitrogens with zero attached hydrogens (tertiary/aromatic N) is 2. The van der Waals surface area contributed by atoms with Crippen molar-refractivity contribution in [3.05, 3.63) is 0 Å². The Hall–Kier alpha value is -0.550. The van der Waals surface area contributed by atoms with Crippen LogP contribution in [0.1, 0.15) is 27.2 Å². The SMILES string of the molecule is CCN(CC#N)CCC(C)C. The third-order valence-corrected chi connectivity index (χ3v) is 1.76. The van der Waals surface area contributed by atoms with Gasteiger partial charge in [-0.05, 0) is 25.4 Å². The second-order valence-corrected chi connectivity index (χ2v) is 3.21. The maximum absolute atomic E-state index is 8.44. The Morgan fingerprint density at radius 2 is 2.09 bits per heavy atom. The molecule has 0 heterocycles. The fourth-order valence-electron chi connectivity index (χ4n) is 0.890. The molecule has 2 heteroatoms. The first-order valence-corrected chi connectivity index (χ1v) is 4.30. The molecule has 0 radical (unpaired) electrons. The summed E-state index contributed by atoms with van der Waals surface area (Å²) in [6, 6.07) is 2.17. The number of nitriles is 1. The van der Waals surface area contributed by atoms with Crippen LogP contribution in [0.4, 0.5) is 0 Å². The van der Waals surface area contributed by atoms with Gasteiger partial charge in [0.05, 0.1) is 12.6 Å². The first-order valence-electron chi connectivity index (χ1n) is 4.30. The zero-order valence-corrected chi connectivity index (χ0v) is 7.80. The lowest BCUT2D eigenvalue weighted by Crippen LogP contribution is -2.25. The summed E-state index contributed by atoms with van der Waals surface area (Å²) < 4.78 is 0. The third-order valence-electron chi connectivity index (χ3n) is 1.76. The summed E-state index contributed by atoms with van der Waals surface area (Å²) >= 11 is 0. The molecule has 0 bridgehead atoms. The Morgan fingerprint density at radius 3 is 2.45 bits per heavy atom. The van der Waals surface area contributed by atoms with E-state index in [1.54, 1.807) is 0 Å². The summed E-state index contributed by atoms with van der Waals surface area (Å²) in [6.45, 7) is 9.13. The highest BCUT2D eigenvalue weighted by molar-refractivity contribution is 4.75. The predicted molar refractivity (Wildman–Crippen MR) is 47.2 cm³/mol. The molecule has 0 saturated heterocycles. The van der Waals surface area contributed by atoms with Gasteiger partial charge in [-0.3, -0.25) is 4.90 Å². The Kier molecular flexibility index (Phi) is 5.87. The van der Waals surface area contributed by atoms with Gasteiger partial charge in [-0.25, -0.2) is 0 Å². The van der Waals surface area contributed by atoms with Crippen molar-refractivity contribution in [3.8, 4) is 6.07 Å². The molecule has 2 nitrogen and oxygen atoms in total. The minimum absolute atomic E-state index is 0.573. The van der Waals surface area contributed by atoms with Crippen molar-refractivity contribution in [1.29, 1.82) is 5.26 Å². The molecule has 0 aliphatic rings. The van der Waals surface area contributed by atoms with E-state index in [1.807, 2.05) is 0 Å². The van der Waals surface area contributed by atoms with Crippen LogP contribution in [0.15, 0.2) is 0 Å². The van der Waals surface area contributed by atoms with Crippen LogP contribution >= 0.6 is 0 Å². The normalized spacial score (nSPS) is 10.5. The molecule has 0 N–H and O–H groups in total. The van der Waals surface area contributed by atoms with Crippen molar-refractivity contribution >= 4 is 0 Å². The lowest BCUT2D eigenvalue weighted by Gasteiger charge is -2.17. The molecule has 0 unspecified atom stereocenters. The van der Waals surface area contributed by atoms with Gasteiger partial charge in [0.25, 0.3) is 0 Å². The van der Waals surface area contributed by atoms with Gasteiger partial charge in [0, 0.05) is 0 Å². The monoisotopic (exact) mass is 154 g/mol. The third kappa shape index (κ3) is 5.87. The van der Waals surface area contributed by atoms with Gasteiger partial charge >= 0.3 is 0 Å². The quantitative estimate of drug-likeness (QED) is 0.565. The second-order valence-electron chi connectivity index (χ2n) is 3.21. The van der Waals surface area contributed by atoms with E-state index in [0.717, 1.165) is 19.0 Å². The summed E-state index contributed by atoms with van der Waals surface area (Å²) in [4.78, 5) is 2.17. The van der Waals surface area contributed by atoms with Crippen molar-refractivity contribution in [1.82, 2.24) is 4.90 Å². The number of hydrogen-bond donors (Lipinski definition) is 0. The topological polar surface area (TPSA) is 27.0 Å². The van der Waals surface area contributed by atoms with E-state index in [4.69, 9.17) is 5.26 Å².